The molecule has 0 aliphatic rings. The monoisotopic (exact) mass is 277 g/mol. The number of aromatic nitrogens is 3. The Labute approximate surface area is 113 Å². The van der Waals surface area contributed by atoms with E-state index in [-0.39, 0.29) is 17.3 Å². The molecule has 0 radical (unpaired) electrons. The van der Waals surface area contributed by atoms with Gasteiger partial charge in [-0.1, -0.05) is 0 Å². The van der Waals surface area contributed by atoms with Crippen molar-refractivity contribution in [3.63, 3.8) is 0 Å². The molecule has 0 aliphatic heterocycles. The number of ether oxygens (including phenoxy) is 1. The van der Waals surface area contributed by atoms with Crippen molar-refractivity contribution in [3.05, 3.63) is 34.1 Å². The van der Waals surface area contributed by atoms with Crippen LogP contribution in [-0.2, 0) is 7.05 Å². The molecule has 0 saturated heterocycles. The summed E-state index contributed by atoms with van der Waals surface area (Å²) in [7, 11) is 1.57. The molecule has 2 rings (SSSR count). The number of nitrogens with two attached hydrogens (primary N) is 1. The predicted molar refractivity (Wildman–Crippen MR) is 68.0 cm³/mol. The Kier molecular flexibility index (Phi) is 3.34. The summed E-state index contributed by atoms with van der Waals surface area (Å²) in [5.74, 6) is 0.123. The average molecular weight is 277 g/mol. The summed E-state index contributed by atoms with van der Waals surface area (Å²) in [6.07, 6.45) is 0.458. The van der Waals surface area contributed by atoms with E-state index >= 15 is 0 Å². The topological polar surface area (TPSA) is 126 Å². The van der Waals surface area contributed by atoms with Crippen LogP contribution < -0.4 is 10.5 Å². The quantitative estimate of drug-likeness (QED) is 0.662. The maximum atomic E-state index is 10.9. The molecule has 9 heteroatoms. The lowest BCUT2D eigenvalue weighted by molar-refractivity contribution is -0.385. The second kappa shape index (κ2) is 4.96. The number of hydrogen-bond donors (Lipinski definition) is 1. The van der Waals surface area contributed by atoms with Gasteiger partial charge in [0.25, 0.3) is 5.69 Å². The van der Waals surface area contributed by atoms with Crippen LogP contribution in [0.15, 0.2) is 18.3 Å². The molecule has 0 bridgehead atoms. The molecule has 0 spiro atoms. The standard InChI is InChI=1S/C11H11N5O4/c1-6-9(16(18)19)4-3-8(14-6)7-5-13-15(2)10(7)20-11(12)17/h3-5H,1-2H3,(H2,12,17). The van der Waals surface area contributed by atoms with Crippen molar-refractivity contribution in [2.45, 2.75) is 6.92 Å². The Morgan fingerprint density at radius 3 is 2.75 bits per heavy atom. The SMILES string of the molecule is Cc1nc(-c2cnn(C)c2OC(N)=O)ccc1[N+](=O)[O-]. The van der Waals surface area contributed by atoms with E-state index in [9.17, 15) is 14.9 Å². The minimum absolute atomic E-state index is 0.0880. The molecule has 9 nitrogen and oxygen atoms in total. The van der Waals surface area contributed by atoms with Crippen molar-refractivity contribution in [2.75, 3.05) is 0 Å². The molecule has 0 unspecified atom stereocenters. The molecule has 0 aliphatic carbocycles. The van der Waals surface area contributed by atoms with Crippen molar-refractivity contribution in [1.29, 1.82) is 0 Å². The first-order valence-corrected chi connectivity index (χ1v) is 5.52. The van der Waals surface area contributed by atoms with Gasteiger partial charge in [0.15, 0.2) is 0 Å². The number of pyridine rings is 1. The lowest BCUT2D eigenvalue weighted by atomic mass is 10.2. The van der Waals surface area contributed by atoms with Crippen LogP contribution in [0.5, 0.6) is 5.88 Å². The van der Waals surface area contributed by atoms with Gasteiger partial charge in [-0.05, 0) is 13.0 Å². The van der Waals surface area contributed by atoms with Crippen molar-refractivity contribution in [2.24, 2.45) is 12.8 Å². The van der Waals surface area contributed by atoms with E-state index in [1.807, 2.05) is 0 Å². The number of nitrogens with zero attached hydrogens (tertiary/aromatic N) is 4. The normalized spacial score (nSPS) is 10.3. The van der Waals surface area contributed by atoms with Gasteiger partial charge in [-0.3, -0.25) is 10.1 Å². The van der Waals surface area contributed by atoms with Gasteiger partial charge >= 0.3 is 6.09 Å². The molecule has 1 amide bonds. The Hall–Kier alpha value is -2.97. The number of nitro groups is 1. The molecule has 20 heavy (non-hydrogen) atoms. The zero-order valence-corrected chi connectivity index (χ0v) is 10.7. The number of primary amides is 1. The van der Waals surface area contributed by atoms with Crippen molar-refractivity contribution < 1.29 is 14.5 Å². The average Bonchev–Trinajstić information content (AvgIpc) is 2.70. The first kappa shape index (κ1) is 13.5. The molecule has 2 heterocycles. The summed E-state index contributed by atoms with van der Waals surface area (Å²) >= 11 is 0. The minimum Gasteiger partial charge on any atom is -0.391 e. The fourth-order valence-electron chi connectivity index (χ4n) is 1.71. The summed E-state index contributed by atoms with van der Waals surface area (Å²) in [5.41, 5.74) is 5.97. The van der Waals surface area contributed by atoms with E-state index in [0.29, 0.717) is 11.3 Å². The number of aryl methyl sites for hydroxylation is 2. The molecule has 104 valence electrons. The van der Waals surface area contributed by atoms with Gasteiger partial charge in [0.1, 0.15) is 5.69 Å². The molecule has 2 N–H and O–H groups in total. The van der Waals surface area contributed by atoms with Crippen LogP contribution in [0.4, 0.5) is 10.5 Å². The summed E-state index contributed by atoms with van der Waals surface area (Å²) in [6, 6.07) is 2.79. The second-order valence-electron chi connectivity index (χ2n) is 3.97. The zero-order valence-electron chi connectivity index (χ0n) is 10.7. The third kappa shape index (κ3) is 2.41. The van der Waals surface area contributed by atoms with Gasteiger partial charge in [0.2, 0.25) is 5.88 Å². The number of rotatable bonds is 3. The fraction of sp³-hybridized carbons (Fsp3) is 0.182. The summed E-state index contributed by atoms with van der Waals surface area (Å²) < 4.78 is 6.17. The molecule has 0 saturated carbocycles. The highest BCUT2D eigenvalue weighted by atomic mass is 16.6. The van der Waals surface area contributed by atoms with Gasteiger partial charge < -0.3 is 10.5 Å². The van der Waals surface area contributed by atoms with Gasteiger partial charge in [0.05, 0.1) is 22.4 Å². The van der Waals surface area contributed by atoms with Crippen molar-refractivity contribution in [3.8, 4) is 17.1 Å². The lowest BCUT2D eigenvalue weighted by Gasteiger charge is -2.05. The summed E-state index contributed by atoms with van der Waals surface area (Å²) in [5, 5.41) is 14.7. The fourth-order valence-corrected chi connectivity index (χ4v) is 1.71. The maximum Gasteiger partial charge on any atom is 0.411 e. The van der Waals surface area contributed by atoms with Gasteiger partial charge in [-0.25, -0.2) is 14.5 Å². The van der Waals surface area contributed by atoms with Crippen molar-refractivity contribution in [1.82, 2.24) is 14.8 Å². The number of hydrogen-bond acceptors (Lipinski definition) is 6. The van der Waals surface area contributed by atoms with Crippen LogP contribution >= 0.6 is 0 Å². The highest BCUT2D eigenvalue weighted by molar-refractivity contribution is 5.73. The zero-order chi connectivity index (χ0) is 14.9. The third-order valence-corrected chi connectivity index (χ3v) is 2.61. The molecule has 0 aromatic carbocycles. The Morgan fingerprint density at radius 1 is 1.50 bits per heavy atom. The highest BCUT2D eigenvalue weighted by Crippen LogP contribution is 2.29. The van der Waals surface area contributed by atoms with Crippen LogP contribution in [0.25, 0.3) is 11.3 Å². The van der Waals surface area contributed by atoms with E-state index in [2.05, 4.69) is 10.1 Å². The molecule has 2 aromatic heterocycles. The Bertz CT molecular complexity index is 694. The first-order chi connectivity index (χ1) is 9.40. The predicted octanol–water partition coefficient (Wildman–Crippen LogP) is 1.16. The molecule has 2 aromatic rings. The Morgan fingerprint density at radius 2 is 2.20 bits per heavy atom. The van der Waals surface area contributed by atoms with Crippen LogP contribution in [0, 0.1) is 17.0 Å². The summed E-state index contributed by atoms with van der Waals surface area (Å²) in [4.78, 5) is 25.2. The second-order valence-corrected chi connectivity index (χ2v) is 3.97. The number of carbonyl (C=O) groups excluding carboxylic acids is 1. The molecular formula is C11H11N5O4. The van der Waals surface area contributed by atoms with Gasteiger partial charge in [-0.2, -0.15) is 5.10 Å². The molecule has 0 atom stereocenters. The maximum absolute atomic E-state index is 10.9. The van der Waals surface area contributed by atoms with Crippen LogP contribution in [0.2, 0.25) is 0 Å². The van der Waals surface area contributed by atoms with E-state index in [4.69, 9.17) is 10.5 Å². The first-order valence-electron chi connectivity index (χ1n) is 5.52. The van der Waals surface area contributed by atoms with Crippen LogP contribution in [0.3, 0.4) is 0 Å². The van der Waals surface area contributed by atoms with E-state index in [0.717, 1.165) is 0 Å². The third-order valence-electron chi connectivity index (χ3n) is 2.61. The number of amides is 1. The Balaban J connectivity index is 2.49. The van der Waals surface area contributed by atoms with Gasteiger partial charge in [-0.15, -0.1) is 0 Å². The smallest absolute Gasteiger partial charge is 0.391 e. The largest absolute Gasteiger partial charge is 0.411 e. The summed E-state index contributed by atoms with van der Waals surface area (Å²) in [6.45, 7) is 1.52. The van der Waals surface area contributed by atoms with Gasteiger partial charge in [0, 0.05) is 13.1 Å². The van der Waals surface area contributed by atoms with E-state index < -0.39 is 11.0 Å². The highest BCUT2D eigenvalue weighted by Gasteiger charge is 2.18. The molecular weight excluding hydrogens is 266 g/mol. The minimum atomic E-state index is -0.978. The van der Waals surface area contributed by atoms with E-state index in [1.165, 1.54) is 29.9 Å². The molecule has 0 fully saturated rings. The lowest BCUT2D eigenvalue weighted by Crippen LogP contribution is -2.18. The van der Waals surface area contributed by atoms with Crippen LogP contribution in [0.1, 0.15) is 5.69 Å². The van der Waals surface area contributed by atoms with E-state index in [1.54, 1.807) is 7.05 Å². The number of carbonyl (C=O) groups is 1. The van der Waals surface area contributed by atoms with Crippen LogP contribution in [-0.4, -0.2) is 25.8 Å². The van der Waals surface area contributed by atoms with Crippen molar-refractivity contribution >= 4 is 11.8 Å².